The lowest BCUT2D eigenvalue weighted by Crippen LogP contribution is -2.25. The van der Waals surface area contributed by atoms with Crippen LogP contribution in [0.15, 0.2) is 30.3 Å². The van der Waals surface area contributed by atoms with Crippen molar-refractivity contribution in [3.05, 3.63) is 36.2 Å². The SMILES string of the molecule is CCC(CC)(CBr)Cc1nnnn1-c1ccccc1. The maximum Gasteiger partial charge on any atom is 0.157 e. The molecule has 1 aromatic carbocycles. The lowest BCUT2D eigenvalue weighted by atomic mass is 9.81. The number of tetrazole rings is 1. The highest BCUT2D eigenvalue weighted by molar-refractivity contribution is 9.09. The van der Waals surface area contributed by atoms with Gasteiger partial charge in [0.2, 0.25) is 0 Å². The number of alkyl halides is 1. The minimum absolute atomic E-state index is 0.223. The highest BCUT2D eigenvalue weighted by Gasteiger charge is 2.28. The predicted octanol–water partition coefficient (Wildman–Crippen LogP) is 3.41. The molecule has 19 heavy (non-hydrogen) atoms. The summed E-state index contributed by atoms with van der Waals surface area (Å²) in [6.07, 6.45) is 3.10. The zero-order valence-electron chi connectivity index (χ0n) is 11.4. The number of halogens is 1. The van der Waals surface area contributed by atoms with Crippen LogP contribution in [0.5, 0.6) is 0 Å². The normalized spacial score (nSPS) is 11.7. The van der Waals surface area contributed by atoms with E-state index >= 15 is 0 Å². The molecular formula is C14H19BrN4. The third kappa shape index (κ3) is 3.03. The summed E-state index contributed by atoms with van der Waals surface area (Å²) >= 11 is 3.64. The van der Waals surface area contributed by atoms with Crippen LogP contribution in [0, 0.1) is 5.41 Å². The third-order valence-corrected chi connectivity index (χ3v) is 5.04. The molecule has 5 heteroatoms. The molecule has 0 radical (unpaired) electrons. The Bertz CT molecular complexity index is 497. The molecule has 0 N–H and O–H groups in total. The van der Waals surface area contributed by atoms with Crippen LogP contribution in [0.3, 0.4) is 0 Å². The van der Waals surface area contributed by atoms with Gasteiger partial charge < -0.3 is 0 Å². The van der Waals surface area contributed by atoms with Gasteiger partial charge >= 0.3 is 0 Å². The minimum atomic E-state index is 0.223. The molecule has 4 nitrogen and oxygen atoms in total. The Balaban J connectivity index is 2.30. The van der Waals surface area contributed by atoms with Gasteiger partial charge in [-0.2, -0.15) is 4.68 Å². The number of hydrogen-bond donors (Lipinski definition) is 0. The molecule has 0 saturated heterocycles. The summed E-state index contributed by atoms with van der Waals surface area (Å²) in [5.41, 5.74) is 1.24. The monoisotopic (exact) mass is 322 g/mol. The first-order chi connectivity index (χ1) is 9.24. The molecule has 0 fully saturated rings. The Morgan fingerprint density at radius 1 is 1.16 bits per heavy atom. The van der Waals surface area contributed by atoms with Gasteiger partial charge in [0.15, 0.2) is 5.82 Å². The van der Waals surface area contributed by atoms with Crippen LogP contribution in [0.1, 0.15) is 32.5 Å². The van der Waals surface area contributed by atoms with Gasteiger partial charge in [-0.1, -0.05) is 48.0 Å². The highest BCUT2D eigenvalue weighted by atomic mass is 79.9. The molecule has 0 atom stereocenters. The van der Waals surface area contributed by atoms with Gasteiger partial charge in [0.1, 0.15) is 0 Å². The lowest BCUT2D eigenvalue weighted by Gasteiger charge is -2.28. The van der Waals surface area contributed by atoms with Crippen molar-refractivity contribution in [3.8, 4) is 5.69 Å². The zero-order chi connectivity index (χ0) is 13.7. The van der Waals surface area contributed by atoms with E-state index in [-0.39, 0.29) is 5.41 Å². The summed E-state index contributed by atoms with van der Waals surface area (Å²) < 4.78 is 1.84. The smallest absolute Gasteiger partial charge is 0.157 e. The molecule has 0 unspecified atom stereocenters. The first kappa shape index (κ1) is 14.2. The van der Waals surface area contributed by atoms with Crippen molar-refractivity contribution in [2.45, 2.75) is 33.1 Å². The van der Waals surface area contributed by atoms with Crippen LogP contribution in [-0.4, -0.2) is 25.5 Å². The van der Waals surface area contributed by atoms with Crippen LogP contribution in [0.2, 0.25) is 0 Å². The fourth-order valence-electron chi connectivity index (χ4n) is 2.16. The average Bonchev–Trinajstić information content (AvgIpc) is 2.94. The van der Waals surface area contributed by atoms with Crippen molar-refractivity contribution < 1.29 is 0 Å². The van der Waals surface area contributed by atoms with Crippen molar-refractivity contribution >= 4 is 15.9 Å². The molecule has 102 valence electrons. The average molecular weight is 323 g/mol. The maximum atomic E-state index is 4.20. The van der Waals surface area contributed by atoms with Gasteiger partial charge in [-0.25, -0.2) is 0 Å². The molecule has 0 amide bonds. The number of rotatable bonds is 6. The quantitative estimate of drug-likeness (QED) is 0.765. The van der Waals surface area contributed by atoms with Gasteiger partial charge in [0, 0.05) is 11.8 Å². The maximum absolute atomic E-state index is 4.20. The Kier molecular flexibility index (Phi) is 4.69. The van der Waals surface area contributed by atoms with E-state index in [4.69, 9.17) is 0 Å². The summed E-state index contributed by atoms with van der Waals surface area (Å²) in [7, 11) is 0. The Labute approximate surface area is 122 Å². The van der Waals surface area contributed by atoms with E-state index in [9.17, 15) is 0 Å². The first-order valence-corrected chi connectivity index (χ1v) is 7.75. The predicted molar refractivity (Wildman–Crippen MR) is 79.7 cm³/mol. The summed E-state index contributed by atoms with van der Waals surface area (Å²) in [5, 5.41) is 13.1. The van der Waals surface area contributed by atoms with Crippen molar-refractivity contribution in [1.29, 1.82) is 0 Å². The zero-order valence-corrected chi connectivity index (χ0v) is 13.0. The molecule has 2 rings (SSSR count). The second-order valence-electron chi connectivity index (χ2n) is 4.86. The molecule has 0 spiro atoms. The van der Waals surface area contributed by atoms with Crippen LogP contribution in [0.25, 0.3) is 5.69 Å². The van der Waals surface area contributed by atoms with E-state index in [1.54, 1.807) is 0 Å². The van der Waals surface area contributed by atoms with Gasteiger partial charge in [0.25, 0.3) is 0 Å². The van der Waals surface area contributed by atoms with E-state index in [1.165, 1.54) is 0 Å². The molecule has 0 aliphatic carbocycles. The molecule has 2 aromatic rings. The standard InChI is InChI=1S/C14H19BrN4/c1-3-14(4-2,11-15)10-13-16-17-18-19(13)12-8-6-5-7-9-12/h5-9H,3-4,10-11H2,1-2H3. The Morgan fingerprint density at radius 2 is 1.84 bits per heavy atom. The summed E-state index contributed by atoms with van der Waals surface area (Å²) in [5.74, 6) is 0.925. The van der Waals surface area contributed by atoms with Crippen LogP contribution < -0.4 is 0 Å². The molecular weight excluding hydrogens is 304 g/mol. The summed E-state index contributed by atoms with van der Waals surface area (Å²) in [6.45, 7) is 4.45. The van der Waals surface area contributed by atoms with Gasteiger partial charge in [0.05, 0.1) is 5.69 Å². The lowest BCUT2D eigenvalue weighted by molar-refractivity contribution is 0.298. The number of nitrogens with zero attached hydrogens (tertiary/aromatic N) is 4. The van der Waals surface area contributed by atoms with Crippen molar-refractivity contribution in [2.75, 3.05) is 5.33 Å². The number of aromatic nitrogens is 4. The Hall–Kier alpha value is -1.23. The van der Waals surface area contributed by atoms with E-state index in [0.29, 0.717) is 0 Å². The van der Waals surface area contributed by atoms with Gasteiger partial charge in [-0.3, -0.25) is 0 Å². The summed E-state index contributed by atoms with van der Waals surface area (Å²) in [6, 6.07) is 10.0. The van der Waals surface area contributed by atoms with E-state index in [1.807, 2.05) is 35.0 Å². The molecule has 0 bridgehead atoms. The fraction of sp³-hybridized carbons (Fsp3) is 0.500. The molecule has 1 heterocycles. The van der Waals surface area contributed by atoms with Crippen molar-refractivity contribution in [1.82, 2.24) is 20.2 Å². The van der Waals surface area contributed by atoms with E-state index in [0.717, 1.165) is 36.1 Å². The van der Waals surface area contributed by atoms with Gasteiger partial charge in [-0.15, -0.1) is 5.10 Å². The first-order valence-electron chi connectivity index (χ1n) is 6.63. The van der Waals surface area contributed by atoms with E-state index in [2.05, 4.69) is 45.3 Å². The molecule has 1 aromatic heterocycles. The van der Waals surface area contributed by atoms with Crippen molar-refractivity contribution in [3.63, 3.8) is 0 Å². The van der Waals surface area contributed by atoms with Gasteiger partial charge in [-0.05, 0) is 40.8 Å². The van der Waals surface area contributed by atoms with Crippen molar-refractivity contribution in [2.24, 2.45) is 5.41 Å². The molecule has 0 aliphatic rings. The number of para-hydroxylation sites is 1. The Morgan fingerprint density at radius 3 is 2.42 bits per heavy atom. The fourth-order valence-corrected chi connectivity index (χ4v) is 3.15. The highest BCUT2D eigenvalue weighted by Crippen LogP contribution is 2.32. The molecule has 0 aliphatic heterocycles. The van der Waals surface area contributed by atoms with E-state index < -0.39 is 0 Å². The largest absolute Gasteiger partial charge is 0.197 e. The topological polar surface area (TPSA) is 43.6 Å². The second kappa shape index (κ2) is 6.28. The third-order valence-electron chi connectivity index (χ3n) is 3.85. The van der Waals surface area contributed by atoms with Crippen LogP contribution in [0.4, 0.5) is 0 Å². The second-order valence-corrected chi connectivity index (χ2v) is 5.42. The molecule has 0 saturated carbocycles. The van der Waals surface area contributed by atoms with Crippen LogP contribution in [-0.2, 0) is 6.42 Å². The number of benzene rings is 1. The van der Waals surface area contributed by atoms with Crippen LogP contribution >= 0.6 is 15.9 Å². The minimum Gasteiger partial charge on any atom is -0.197 e. The number of hydrogen-bond acceptors (Lipinski definition) is 3. The summed E-state index contributed by atoms with van der Waals surface area (Å²) in [4.78, 5) is 0.